The molecule has 0 saturated heterocycles. The second-order valence-electron chi connectivity index (χ2n) is 3.81. The molecule has 0 aliphatic carbocycles. The first kappa shape index (κ1) is 20.8. The number of rotatable bonds is 1. The summed E-state index contributed by atoms with van der Waals surface area (Å²) in [5, 5.41) is 0. The van der Waals surface area contributed by atoms with Crippen LogP contribution in [-0.2, 0) is 12.6 Å². The normalized spacial score (nSPS) is 8.00. The summed E-state index contributed by atoms with van der Waals surface area (Å²) in [7, 11) is 0. The van der Waals surface area contributed by atoms with Gasteiger partial charge in [0.15, 0.2) is 0 Å². The van der Waals surface area contributed by atoms with Gasteiger partial charge in [-0.1, -0.05) is 91.0 Å². The molecule has 0 unspecified atom stereocenters. The molecular weight excluding hydrogens is 414 g/mol. The van der Waals surface area contributed by atoms with Crippen molar-refractivity contribution in [1.29, 1.82) is 0 Å². The van der Waals surface area contributed by atoms with Gasteiger partial charge in [-0.25, -0.2) is 0 Å². The van der Waals surface area contributed by atoms with Gasteiger partial charge in [-0.05, 0) is 17.7 Å². The molecule has 0 heterocycles. The molecule has 3 aromatic rings. The first-order valence-corrected chi connectivity index (χ1v) is 7.21. The maximum atomic E-state index is 4.78. The Morgan fingerprint density at radius 2 is 1.05 bits per heavy atom. The zero-order valence-electron chi connectivity index (χ0n) is 11.9. The van der Waals surface area contributed by atoms with Crippen molar-refractivity contribution in [3.63, 3.8) is 0 Å². The third-order valence-electron chi connectivity index (χ3n) is 2.22. The first-order valence-electron chi connectivity index (χ1n) is 6.39. The van der Waals surface area contributed by atoms with E-state index >= 15 is 0 Å². The van der Waals surface area contributed by atoms with Gasteiger partial charge in [0.05, 0.1) is 0 Å². The molecule has 3 aromatic carbocycles. The third kappa shape index (κ3) is 11.4. The Hall–Kier alpha value is -1.21. The topological polar surface area (TPSA) is 0 Å². The zero-order chi connectivity index (χ0) is 15.2. The van der Waals surface area contributed by atoms with Crippen molar-refractivity contribution in [2.75, 3.05) is 0 Å². The van der Waals surface area contributed by atoms with E-state index in [1.54, 1.807) is 0 Å². The van der Waals surface area contributed by atoms with Crippen LogP contribution in [0.4, 0.5) is 0 Å². The van der Waals surface area contributed by atoms with Crippen LogP contribution in [0, 0.1) is 12.1 Å². The Bertz CT molecular complexity index is 499. The van der Waals surface area contributed by atoms with E-state index in [2.05, 4.69) is 12.1 Å². The minimum absolute atomic E-state index is 0. The van der Waals surface area contributed by atoms with Crippen molar-refractivity contribution in [3.8, 4) is 0 Å². The summed E-state index contributed by atoms with van der Waals surface area (Å²) < 4.78 is 0.538. The molecule has 22 heavy (non-hydrogen) atoms. The molecule has 0 nitrogen and oxygen atoms in total. The molecule has 5 radical (unpaired) electrons. The average molecular weight is 429 g/mol. The first-order chi connectivity index (χ1) is 10.3. The van der Waals surface area contributed by atoms with Crippen molar-refractivity contribution in [3.05, 3.63) is 109 Å². The largest absolute Gasteiger partial charge is 0.428 e. The van der Waals surface area contributed by atoms with Gasteiger partial charge in [0, 0.05) is 24.4 Å². The van der Waals surface area contributed by atoms with E-state index < -0.39 is 0 Å². The summed E-state index contributed by atoms with van der Waals surface area (Å²) in [6.45, 7) is 0. The Morgan fingerprint density at radius 1 is 0.682 bits per heavy atom. The van der Waals surface area contributed by atoms with Gasteiger partial charge in [-0.3, -0.25) is 0 Å². The minimum atomic E-state index is 0. The summed E-state index contributed by atoms with van der Waals surface area (Å²) in [6.07, 6.45) is 0. The van der Waals surface area contributed by atoms with Crippen LogP contribution in [0.15, 0.2) is 91.0 Å². The maximum Gasteiger partial charge on any atom is 0 e. The molecule has 3 rings (SSSR count). The molecule has 0 aliphatic heterocycles. The molecule has 0 aliphatic rings. The molecule has 0 spiro atoms. The van der Waals surface area contributed by atoms with E-state index in [4.69, 9.17) is 24.8 Å². The SMILES string of the molecule is S=C([S-])c1ccccc1.[Sb].[c]1ccccc1.[c]1ccccc1. The summed E-state index contributed by atoms with van der Waals surface area (Å²) in [5.74, 6) is 0. The van der Waals surface area contributed by atoms with Crippen molar-refractivity contribution < 1.29 is 0 Å². The molecule has 0 atom stereocenters. The second-order valence-corrected chi connectivity index (χ2v) is 4.88. The van der Waals surface area contributed by atoms with Crippen molar-refractivity contribution in [2.45, 2.75) is 0 Å². The van der Waals surface area contributed by atoms with E-state index in [1.807, 2.05) is 91.0 Å². The van der Waals surface area contributed by atoms with Gasteiger partial charge in [0.2, 0.25) is 0 Å². The van der Waals surface area contributed by atoms with Crippen molar-refractivity contribution >= 4 is 53.5 Å². The summed E-state index contributed by atoms with van der Waals surface area (Å²) in [6, 6.07) is 34.6. The molecular formula is C19H15S2Sb-. The minimum Gasteiger partial charge on any atom is -0.428 e. The summed E-state index contributed by atoms with van der Waals surface area (Å²) in [4.78, 5) is 0. The Labute approximate surface area is 161 Å². The second kappa shape index (κ2) is 14.7. The zero-order valence-corrected chi connectivity index (χ0v) is 16.1. The van der Waals surface area contributed by atoms with Crippen LogP contribution in [0.2, 0.25) is 0 Å². The molecule has 0 aromatic heterocycles. The van der Waals surface area contributed by atoms with E-state index in [-0.39, 0.29) is 24.4 Å². The van der Waals surface area contributed by atoms with Crippen LogP contribution in [0.25, 0.3) is 0 Å². The average Bonchev–Trinajstić information content (AvgIpc) is 2.60. The fourth-order valence-corrected chi connectivity index (χ4v) is 1.53. The van der Waals surface area contributed by atoms with E-state index in [0.29, 0.717) is 4.20 Å². The summed E-state index contributed by atoms with van der Waals surface area (Å²) >= 11 is 9.55. The number of thiocarbonyl (C=S) groups is 1. The van der Waals surface area contributed by atoms with Crippen LogP contribution in [0.3, 0.4) is 0 Å². The van der Waals surface area contributed by atoms with Gasteiger partial charge >= 0.3 is 0 Å². The summed E-state index contributed by atoms with van der Waals surface area (Å²) in [5.41, 5.74) is 0.961. The quantitative estimate of drug-likeness (QED) is 0.318. The van der Waals surface area contributed by atoms with Gasteiger partial charge < -0.3 is 24.8 Å². The molecule has 3 heteroatoms. The van der Waals surface area contributed by atoms with Crippen LogP contribution in [0.5, 0.6) is 0 Å². The Kier molecular flexibility index (Phi) is 13.9. The number of hydrogen-bond donors (Lipinski definition) is 0. The van der Waals surface area contributed by atoms with Gasteiger partial charge in [-0.2, -0.15) is 0 Å². The molecule has 109 valence electrons. The molecule has 0 fully saturated rings. The van der Waals surface area contributed by atoms with Crippen LogP contribution in [0.1, 0.15) is 5.56 Å². The third-order valence-corrected chi connectivity index (χ3v) is 2.70. The molecule has 0 N–H and O–H groups in total. The number of benzene rings is 3. The van der Waals surface area contributed by atoms with E-state index in [1.165, 1.54) is 0 Å². The molecule has 0 bridgehead atoms. The Balaban J connectivity index is 0.000000303. The van der Waals surface area contributed by atoms with E-state index in [0.717, 1.165) is 5.56 Å². The molecule has 0 saturated carbocycles. The van der Waals surface area contributed by atoms with Crippen LogP contribution < -0.4 is 0 Å². The van der Waals surface area contributed by atoms with Gasteiger partial charge in [-0.15, -0.1) is 4.20 Å². The smallest absolute Gasteiger partial charge is 0 e. The van der Waals surface area contributed by atoms with Gasteiger partial charge in [0.25, 0.3) is 0 Å². The standard InChI is InChI=1S/C7H6S2.2C6H5.Sb/c8-7(9)6-4-2-1-3-5-6;2*1-2-4-6-5-3-1;/h1-5H,(H,8,9);2*1-5H;/p-1. The van der Waals surface area contributed by atoms with Crippen molar-refractivity contribution in [2.24, 2.45) is 0 Å². The predicted molar refractivity (Wildman–Crippen MR) is 102 cm³/mol. The number of hydrogen-bond acceptors (Lipinski definition) is 2. The Morgan fingerprint density at radius 3 is 1.23 bits per heavy atom. The van der Waals surface area contributed by atoms with Crippen LogP contribution >= 0.6 is 12.2 Å². The van der Waals surface area contributed by atoms with Crippen molar-refractivity contribution in [1.82, 2.24) is 0 Å². The fourth-order valence-electron chi connectivity index (χ4n) is 1.26. The van der Waals surface area contributed by atoms with E-state index in [9.17, 15) is 0 Å². The van der Waals surface area contributed by atoms with Crippen LogP contribution in [-0.4, -0.2) is 28.6 Å². The maximum absolute atomic E-state index is 4.78. The fraction of sp³-hybridized carbons (Fsp3) is 0. The molecule has 0 amide bonds. The van der Waals surface area contributed by atoms with Gasteiger partial charge in [0.1, 0.15) is 0 Å². The predicted octanol–water partition coefficient (Wildman–Crippen LogP) is 4.50. The monoisotopic (exact) mass is 428 g/mol.